The smallest absolute Gasteiger partial charge is 0.338 e. The summed E-state index contributed by atoms with van der Waals surface area (Å²) in [5.41, 5.74) is 4.84. The van der Waals surface area contributed by atoms with Crippen LogP contribution >= 0.6 is 0 Å². The van der Waals surface area contributed by atoms with Gasteiger partial charge in [0.05, 0.1) is 48.4 Å². The number of unbranched alkanes of at least 4 members (excludes halogenated alkanes) is 2. The quantitative estimate of drug-likeness (QED) is 0.0767. The first-order valence-electron chi connectivity index (χ1n) is 19.0. The van der Waals surface area contributed by atoms with Gasteiger partial charge in [-0.15, -0.1) is 0 Å². The van der Waals surface area contributed by atoms with Gasteiger partial charge in [-0.1, -0.05) is 92.9 Å². The highest BCUT2D eigenvalue weighted by Crippen LogP contribution is 2.49. The van der Waals surface area contributed by atoms with Gasteiger partial charge in [0.25, 0.3) is 0 Å². The largest absolute Gasteiger partial charge is 0.493 e. The molecule has 0 amide bonds. The summed E-state index contributed by atoms with van der Waals surface area (Å²) in [4.78, 5) is 26.4. The topological polar surface area (TPSA) is 108 Å². The van der Waals surface area contributed by atoms with Crippen molar-refractivity contribution >= 4 is 32.7 Å². The molecule has 0 N–H and O–H groups in total. The fourth-order valence-electron chi connectivity index (χ4n) is 7.26. The van der Waals surface area contributed by atoms with E-state index in [0.717, 1.165) is 64.3 Å². The van der Waals surface area contributed by atoms with E-state index in [0.29, 0.717) is 35.8 Å². The van der Waals surface area contributed by atoms with Crippen LogP contribution in [0.15, 0.2) is 102 Å². The summed E-state index contributed by atoms with van der Waals surface area (Å²) in [5.74, 6) is 0.152. The van der Waals surface area contributed by atoms with Gasteiger partial charge >= 0.3 is 11.9 Å². The first-order chi connectivity index (χ1) is 26.6. The van der Waals surface area contributed by atoms with Crippen LogP contribution in [0.3, 0.4) is 0 Å². The van der Waals surface area contributed by atoms with E-state index >= 15 is 0 Å². The number of carbonyl (C=O) groups excluding carboxylic acids is 2. The molecule has 0 aliphatic carbocycles. The average molecular weight is 764 g/mol. The maximum Gasteiger partial charge on any atom is 0.338 e. The maximum absolute atomic E-state index is 14.8. The predicted octanol–water partition coefficient (Wildman–Crippen LogP) is 9.49. The maximum atomic E-state index is 14.8. The summed E-state index contributed by atoms with van der Waals surface area (Å²) in [6.07, 6.45) is 3.68. The number of rotatable bonds is 15. The number of hydrogen-bond donors (Lipinski definition) is 0. The number of hydrogen-bond acceptors (Lipinski definition) is 8. The summed E-state index contributed by atoms with van der Waals surface area (Å²) in [6.45, 7) is 8.65. The van der Waals surface area contributed by atoms with Crippen molar-refractivity contribution in [2.45, 2.75) is 76.8 Å². The van der Waals surface area contributed by atoms with Crippen LogP contribution in [0.25, 0.3) is 21.9 Å². The van der Waals surface area contributed by atoms with Gasteiger partial charge in [-0.05, 0) is 85.3 Å². The number of nitrogens with zero attached hydrogens (tertiary/aromatic N) is 1. The zero-order chi connectivity index (χ0) is 39.1. The number of sulfonamides is 1. The minimum Gasteiger partial charge on any atom is -0.493 e. The van der Waals surface area contributed by atoms with Crippen molar-refractivity contribution < 1.29 is 37.0 Å². The number of ether oxygens (including phenoxy) is 4. The Morgan fingerprint density at radius 2 is 1.45 bits per heavy atom. The molecular weight excluding hydrogens is 715 g/mol. The number of esters is 2. The third-order valence-electron chi connectivity index (χ3n) is 10.1. The minimum absolute atomic E-state index is 0.144. The van der Waals surface area contributed by atoms with E-state index in [1.165, 1.54) is 11.4 Å². The molecule has 0 bridgehead atoms. The van der Waals surface area contributed by atoms with Gasteiger partial charge in [0.15, 0.2) is 0 Å². The Kier molecular flexibility index (Phi) is 12.6. The zero-order valence-corrected chi connectivity index (χ0v) is 33.0. The second kappa shape index (κ2) is 17.5. The standard InChI is InChI=1S/C45H49NO8S/c1-6-8-25-52-40-28-41(53-26-9-7-2)43(33-19-21-34(22-20-33)44(47)51-5)39-27-35(29-54-45(48)38-16-12-14-32-13-10-11-15-37(32)38)46(31(4)42(39)40)55(49,50)36-23-17-30(3)18-24-36/h10-24,28,31,35H,6-9,25-27,29H2,1-5H3/t31-,35+/m1/s1. The summed E-state index contributed by atoms with van der Waals surface area (Å²) in [6, 6.07) is 27.3. The molecule has 0 spiro atoms. The van der Waals surface area contributed by atoms with E-state index in [2.05, 4.69) is 13.8 Å². The van der Waals surface area contributed by atoms with E-state index in [9.17, 15) is 18.0 Å². The molecule has 5 aromatic rings. The number of carbonyl (C=O) groups is 2. The second-order valence-electron chi connectivity index (χ2n) is 13.9. The van der Waals surface area contributed by atoms with E-state index in [1.54, 1.807) is 42.5 Å². The summed E-state index contributed by atoms with van der Waals surface area (Å²) in [5, 5.41) is 1.65. The summed E-state index contributed by atoms with van der Waals surface area (Å²) >= 11 is 0. The van der Waals surface area contributed by atoms with Crippen molar-refractivity contribution in [3.05, 3.63) is 125 Å². The lowest BCUT2D eigenvalue weighted by molar-refractivity contribution is 0.0388. The molecule has 0 saturated carbocycles. The lowest BCUT2D eigenvalue weighted by Crippen LogP contribution is -2.49. The fourth-order valence-corrected chi connectivity index (χ4v) is 9.03. The van der Waals surface area contributed by atoms with Crippen LogP contribution in [-0.2, 0) is 25.9 Å². The molecule has 0 aromatic heterocycles. The molecule has 0 fully saturated rings. The monoisotopic (exact) mass is 763 g/mol. The Hall–Kier alpha value is -5.19. The first kappa shape index (κ1) is 39.5. The molecule has 0 unspecified atom stereocenters. The molecule has 9 nitrogen and oxygen atoms in total. The van der Waals surface area contributed by atoms with Crippen molar-refractivity contribution in [2.75, 3.05) is 26.9 Å². The molecule has 1 heterocycles. The summed E-state index contributed by atoms with van der Waals surface area (Å²) in [7, 11) is -2.79. The predicted molar refractivity (Wildman–Crippen MR) is 214 cm³/mol. The minimum atomic E-state index is -4.13. The van der Waals surface area contributed by atoms with Crippen LogP contribution in [0.4, 0.5) is 0 Å². The fraction of sp³-hybridized carbons (Fsp3) is 0.333. The third kappa shape index (κ3) is 8.40. The Bertz CT molecular complexity index is 2250. The van der Waals surface area contributed by atoms with E-state index in [1.807, 2.05) is 68.4 Å². The molecule has 1 aliphatic rings. The van der Waals surface area contributed by atoms with Gasteiger partial charge < -0.3 is 18.9 Å². The number of fused-ring (bicyclic) bond motifs is 2. The molecule has 0 radical (unpaired) electrons. The van der Waals surface area contributed by atoms with Gasteiger partial charge in [0.2, 0.25) is 10.0 Å². The lowest BCUT2D eigenvalue weighted by atomic mass is 9.83. The van der Waals surface area contributed by atoms with Crippen LogP contribution in [0, 0.1) is 6.92 Å². The molecule has 1 aliphatic heterocycles. The van der Waals surface area contributed by atoms with E-state index in [-0.39, 0.29) is 17.9 Å². The normalized spacial score (nSPS) is 15.7. The molecule has 288 valence electrons. The van der Waals surface area contributed by atoms with Gasteiger partial charge in [-0.2, -0.15) is 4.31 Å². The van der Waals surface area contributed by atoms with Crippen molar-refractivity contribution in [1.29, 1.82) is 0 Å². The Balaban J connectivity index is 1.52. The van der Waals surface area contributed by atoms with Crippen LogP contribution in [0.2, 0.25) is 0 Å². The van der Waals surface area contributed by atoms with Crippen LogP contribution in [0.5, 0.6) is 11.5 Å². The van der Waals surface area contributed by atoms with Crippen LogP contribution < -0.4 is 9.47 Å². The first-order valence-corrected chi connectivity index (χ1v) is 20.4. The van der Waals surface area contributed by atoms with Gasteiger partial charge in [0, 0.05) is 17.2 Å². The molecule has 0 saturated heterocycles. The molecule has 10 heteroatoms. The highest BCUT2D eigenvalue weighted by atomic mass is 32.2. The van der Waals surface area contributed by atoms with Crippen molar-refractivity contribution in [2.24, 2.45) is 0 Å². The number of benzene rings is 5. The molecule has 55 heavy (non-hydrogen) atoms. The summed E-state index contributed by atoms with van der Waals surface area (Å²) < 4.78 is 55.1. The number of methoxy groups -OCH3 is 1. The van der Waals surface area contributed by atoms with Gasteiger partial charge in [0.1, 0.15) is 18.1 Å². The molecule has 2 atom stereocenters. The van der Waals surface area contributed by atoms with E-state index < -0.39 is 34.0 Å². The SMILES string of the molecule is CCCCOc1cc(OCCCC)c2c(c1-c1ccc(C(=O)OC)cc1)C[C@@H](COC(=O)c1cccc3ccccc13)N(S(=O)(=O)c1ccc(C)cc1)[C@@H]2C. The Labute approximate surface area is 324 Å². The van der Waals surface area contributed by atoms with Crippen LogP contribution in [-0.4, -0.2) is 57.6 Å². The van der Waals surface area contributed by atoms with E-state index in [4.69, 9.17) is 18.9 Å². The average Bonchev–Trinajstić information content (AvgIpc) is 3.19. The second-order valence-corrected chi connectivity index (χ2v) is 15.8. The molecule has 6 rings (SSSR count). The third-order valence-corrected chi connectivity index (χ3v) is 12.2. The van der Waals surface area contributed by atoms with Crippen molar-refractivity contribution in [1.82, 2.24) is 4.31 Å². The highest BCUT2D eigenvalue weighted by Gasteiger charge is 2.44. The molecular formula is C45H49NO8S. The molecule has 5 aromatic carbocycles. The van der Waals surface area contributed by atoms with Gasteiger partial charge in [-0.25, -0.2) is 18.0 Å². The zero-order valence-electron chi connectivity index (χ0n) is 32.2. The lowest BCUT2D eigenvalue weighted by Gasteiger charge is -2.42. The van der Waals surface area contributed by atoms with Crippen molar-refractivity contribution in [3.8, 4) is 22.6 Å². The number of aryl methyl sites for hydroxylation is 1. The highest BCUT2D eigenvalue weighted by molar-refractivity contribution is 7.89. The Morgan fingerprint density at radius 3 is 2.13 bits per heavy atom. The van der Waals surface area contributed by atoms with Crippen molar-refractivity contribution in [3.63, 3.8) is 0 Å². The van der Waals surface area contributed by atoms with Crippen LogP contribution in [0.1, 0.15) is 89.9 Å². The van der Waals surface area contributed by atoms with Gasteiger partial charge in [-0.3, -0.25) is 0 Å². The Morgan fingerprint density at radius 1 is 0.800 bits per heavy atom.